The van der Waals surface area contributed by atoms with Gasteiger partial charge in [0.25, 0.3) is 5.69 Å². The zero-order valence-corrected chi connectivity index (χ0v) is 10.7. The van der Waals surface area contributed by atoms with E-state index in [4.69, 9.17) is 4.74 Å². The van der Waals surface area contributed by atoms with Crippen LogP contribution in [0.5, 0.6) is 0 Å². The first-order valence-electron chi connectivity index (χ1n) is 6.25. The molecule has 0 radical (unpaired) electrons. The van der Waals surface area contributed by atoms with Crippen LogP contribution in [-0.4, -0.2) is 37.0 Å². The van der Waals surface area contributed by atoms with Crippen molar-refractivity contribution in [3.8, 4) is 0 Å². The molecule has 1 aromatic carbocycles. The summed E-state index contributed by atoms with van der Waals surface area (Å²) in [6.07, 6.45) is 1.47. The molecule has 1 aliphatic rings. The van der Waals surface area contributed by atoms with E-state index in [1.165, 1.54) is 6.07 Å². The number of aldehydes is 1. The van der Waals surface area contributed by atoms with Crippen LogP contribution in [0.2, 0.25) is 0 Å². The molecule has 2 rings (SSSR count). The minimum absolute atomic E-state index is 0.0232. The van der Waals surface area contributed by atoms with Crippen LogP contribution >= 0.6 is 0 Å². The predicted molar refractivity (Wildman–Crippen MR) is 70.7 cm³/mol. The van der Waals surface area contributed by atoms with E-state index in [0.29, 0.717) is 37.3 Å². The van der Waals surface area contributed by atoms with Gasteiger partial charge in [0.05, 0.1) is 24.2 Å². The maximum Gasteiger partial charge on any atom is 0.293 e. The van der Waals surface area contributed by atoms with Crippen molar-refractivity contribution in [1.29, 1.82) is 0 Å². The summed E-state index contributed by atoms with van der Waals surface area (Å²) in [6, 6.07) is 4.72. The number of morpholine rings is 1. The molecule has 0 spiro atoms. The number of carbonyl (C=O) groups is 1. The second-order valence-electron chi connectivity index (χ2n) is 4.45. The maximum absolute atomic E-state index is 11.2. The lowest BCUT2D eigenvalue weighted by atomic mass is 10.1. The number of nitrogens with zero attached hydrogens (tertiary/aromatic N) is 2. The second kappa shape index (κ2) is 5.79. The van der Waals surface area contributed by atoms with E-state index in [2.05, 4.69) is 0 Å². The molecule has 19 heavy (non-hydrogen) atoms. The third kappa shape index (κ3) is 2.73. The Bertz CT molecular complexity index is 490. The van der Waals surface area contributed by atoms with E-state index in [1.54, 1.807) is 12.1 Å². The first-order chi connectivity index (χ1) is 9.17. The highest BCUT2D eigenvalue weighted by molar-refractivity contribution is 5.79. The normalized spacial score (nSPS) is 19.2. The molecule has 1 heterocycles. The summed E-state index contributed by atoms with van der Waals surface area (Å²) in [5, 5.41) is 11.2. The largest absolute Gasteiger partial charge is 0.377 e. The van der Waals surface area contributed by atoms with Gasteiger partial charge in [-0.1, -0.05) is 6.92 Å². The highest BCUT2D eigenvalue weighted by Crippen LogP contribution is 2.31. The summed E-state index contributed by atoms with van der Waals surface area (Å²) < 4.78 is 5.40. The van der Waals surface area contributed by atoms with E-state index < -0.39 is 4.92 Å². The molecule has 0 saturated carbocycles. The third-order valence-electron chi connectivity index (χ3n) is 3.34. The topological polar surface area (TPSA) is 72.7 Å². The first kappa shape index (κ1) is 13.5. The summed E-state index contributed by atoms with van der Waals surface area (Å²) in [5.74, 6) is 0. The minimum atomic E-state index is -0.440. The Morgan fingerprint density at radius 3 is 3.00 bits per heavy atom. The summed E-state index contributed by atoms with van der Waals surface area (Å²) in [5.41, 5.74) is 0.854. The predicted octanol–water partition coefficient (Wildman–Crippen LogP) is 2.02. The Kier molecular flexibility index (Phi) is 4.11. The SMILES string of the molecule is CCC1COCCN1c1ccc(C=O)cc1[N+](=O)[O-]. The number of ether oxygens (including phenoxy) is 1. The number of benzene rings is 1. The molecule has 1 aromatic rings. The van der Waals surface area contributed by atoms with Gasteiger partial charge >= 0.3 is 0 Å². The Morgan fingerprint density at radius 1 is 1.58 bits per heavy atom. The number of carbonyl (C=O) groups excluding carboxylic acids is 1. The molecule has 1 unspecified atom stereocenters. The first-order valence-corrected chi connectivity index (χ1v) is 6.25. The van der Waals surface area contributed by atoms with Crippen LogP contribution in [0.15, 0.2) is 18.2 Å². The molecule has 6 nitrogen and oxygen atoms in total. The average molecular weight is 264 g/mol. The van der Waals surface area contributed by atoms with Crippen molar-refractivity contribution in [3.63, 3.8) is 0 Å². The van der Waals surface area contributed by atoms with Crippen molar-refractivity contribution in [3.05, 3.63) is 33.9 Å². The van der Waals surface area contributed by atoms with E-state index in [1.807, 2.05) is 11.8 Å². The van der Waals surface area contributed by atoms with Gasteiger partial charge in [0.2, 0.25) is 0 Å². The van der Waals surface area contributed by atoms with E-state index in [-0.39, 0.29) is 11.7 Å². The van der Waals surface area contributed by atoms with Crippen molar-refractivity contribution < 1.29 is 14.5 Å². The van der Waals surface area contributed by atoms with E-state index in [9.17, 15) is 14.9 Å². The maximum atomic E-state index is 11.2. The van der Waals surface area contributed by atoms with Gasteiger partial charge in [0.15, 0.2) is 0 Å². The monoisotopic (exact) mass is 264 g/mol. The molecule has 1 atom stereocenters. The second-order valence-corrected chi connectivity index (χ2v) is 4.45. The van der Waals surface area contributed by atoms with Crippen molar-refractivity contribution in [2.75, 3.05) is 24.7 Å². The van der Waals surface area contributed by atoms with Crippen LogP contribution in [0.3, 0.4) is 0 Å². The summed E-state index contributed by atoms with van der Waals surface area (Å²) in [6.45, 7) is 3.78. The number of anilines is 1. The van der Waals surface area contributed by atoms with Gasteiger partial charge in [-0.25, -0.2) is 0 Å². The highest BCUT2D eigenvalue weighted by atomic mass is 16.6. The highest BCUT2D eigenvalue weighted by Gasteiger charge is 2.27. The standard InChI is InChI=1S/C13H16N2O4/c1-2-11-9-19-6-5-14(11)12-4-3-10(8-16)7-13(12)15(17)18/h3-4,7-8,11H,2,5-6,9H2,1H3. The lowest BCUT2D eigenvalue weighted by Crippen LogP contribution is -2.45. The van der Waals surface area contributed by atoms with Crippen LogP contribution < -0.4 is 4.90 Å². The molecule has 102 valence electrons. The summed E-state index contributed by atoms with van der Waals surface area (Å²) in [7, 11) is 0. The summed E-state index contributed by atoms with van der Waals surface area (Å²) >= 11 is 0. The van der Waals surface area contributed by atoms with Crippen molar-refractivity contribution in [2.24, 2.45) is 0 Å². The fraction of sp³-hybridized carbons (Fsp3) is 0.462. The Morgan fingerprint density at radius 2 is 2.37 bits per heavy atom. The lowest BCUT2D eigenvalue weighted by molar-refractivity contribution is -0.384. The van der Waals surface area contributed by atoms with Crippen LogP contribution in [0.4, 0.5) is 11.4 Å². The molecule has 1 aliphatic heterocycles. The molecule has 0 aromatic heterocycles. The number of nitro groups is 1. The van der Waals surface area contributed by atoms with Gasteiger partial charge in [-0.05, 0) is 18.6 Å². The Balaban J connectivity index is 2.42. The fourth-order valence-corrected chi connectivity index (χ4v) is 2.31. The van der Waals surface area contributed by atoms with E-state index in [0.717, 1.165) is 6.42 Å². The van der Waals surface area contributed by atoms with Gasteiger partial charge < -0.3 is 9.64 Å². The smallest absolute Gasteiger partial charge is 0.293 e. The van der Waals surface area contributed by atoms with Crippen LogP contribution in [0.25, 0.3) is 0 Å². The van der Waals surface area contributed by atoms with Gasteiger partial charge in [0.1, 0.15) is 12.0 Å². The number of rotatable bonds is 4. The molecular formula is C13H16N2O4. The van der Waals surface area contributed by atoms with Gasteiger partial charge in [-0.15, -0.1) is 0 Å². The Labute approximate surface area is 111 Å². The van der Waals surface area contributed by atoms with Crippen LogP contribution in [0.1, 0.15) is 23.7 Å². The van der Waals surface area contributed by atoms with Crippen LogP contribution in [-0.2, 0) is 4.74 Å². The molecule has 0 N–H and O–H groups in total. The van der Waals surface area contributed by atoms with Gasteiger partial charge in [-0.2, -0.15) is 0 Å². The molecule has 6 heteroatoms. The molecule has 0 aliphatic carbocycles. The molecule has 1 fully saturated rings. The molecule has 1 saturated heterocycles. The zero-order chi connectivity index (χ0) is 13.8. The molecule has 0 bridgehead atoms. The number of hydrogen-bond acceptors (Lipinski definition) is 5. The number of nitro benzene ring substituents is 1. The van der Waals surface area contributed by atoms with Crippen molar-refractivity contribution in [1.82, 2.24) is 0 Å². The van der Waals surface area contributed by atoms with Gasteiger partial charge in [0, 0.05) is 18.2 Å². The lowest BCUT2D eigenvalue weighted by Gasteiger charge is -2.36. The Hall–Kier alpha value is -1.95. The minimum Gasteiger partial charge on any atom is -0.377 e. The fourth-order valence-electron chi connectivity index (χ4n) is 2.31. The zero-order valence-electron chi connectivity index (χ0n) is 10.7. The third-order valence-corrected chi connectivity index (χ3v) is 3.34. The van der Waals surface area contributed by atoms with Crippen LogP contribution in [0, 0.1) is 10.1 Å². The van der Waals surface area contributed by atoms with Crippen molar-refractivity contribution in [2.45, 2.75) is 19.4 Å². The van der Waals surface area contributed by atoms with Gasteiger partial charge in [-0.3, -0.25) is 14.9 Å². The molecular weight excluding hydrogens is 248 g/mol. The average Bonchev–Trinajstić information content (AvgIpc) is 2.46. The molecule has 0 amide bonds. The van der Waals surface area contributed by atoms with E-state index >= 15 is 0 Å². The number of hydrogen-bond donors (Lipinski definition) is 0. The van der Waals surface area contributed by atoms with Crippen molar-refractivity contribution >= 4 is 17.7 Å². The summed E-state index contributed by atoms with van der Waals surface area (Å²) in [4.78, 5) is 23.4. The quantitative estimate of drug-likeness (QED) is 0.472.